The molecular weight excluding hydrogens is 425 g/mol. The molecule has 0 aromatic heterocycles. The maximum absolute atomic E-state index is 14.0. The fourth-order valence-corrected chi connectivity index (χ4v) is 5.31. The van der Waals surface area contributed by atoms with Crippen molar-refractivity contribution in [3.63, 3.8) is 0 Å². The minimum atomic E-state index is -4.94. The summed E-state index contributed by atoms with van der Waals surface area (Å²) >= 11 is 0. The van der Waals surface area contributed by atoms with Gasteiger partial charge in [-0.3, -0.25) is 9.59 Å². The molecule has 1 saturated carbocycles. The Morgan fingerprint density at radius 2 is 1.87 bits per heavy atom. The minimum Gasteiger partial charge on any atom is -0.481 e. The van der Waals surface area contributed by atoms with Crippen LogP contribution in [0.5, 0.6) is 0 Å². The number of hydrogen-bond donors (Lipinski definition) is 2. The van der Waals surface area contributed by atoms with Crippen LogP contribution in [0, 0.1) is 29.6 Å². The molecule has 2 fully saturated rings. The zero-order valence-electron chi connectivity index (χ0n) is 17.5. The Morgan fingerprint density at radius 3 is 2.42 bits per heavy atom. The second-order valence-corrected chi connectivity index (χ2v) is 8.71. The largest absolute Gasteiger partial charge is 0.481 e. The van der Waals surface area contributed by atoms with Crippen molar-refractivity contribution >= 4 is 11.9 Å². The molecule has 1 aliphatic carbocycles. The Balaban J connectivity index is 2.09. The Labute approximate surface area is 177 Å². The van der Waals surface area contributed by atoms with Gasteiger partial charge in [-0.25, -0.2) is 9.78 Å². The highest BCUT2D eigenvalue weighted by Gasteiger charge is 2.57. The highest BCUT2D eigenvalue weighted by atomic mass is 19.4. The average Bonchev–Trinajstić information content (AvgIpc) is 2.79. The molecule has 0 bridgehead atoms. The van der Waals surface area contributed by atoms with E-state index in [1.807, 2.05) is 6.92 Å². The van der Waals surface area contributed by atoms with Crippen LogP contribution in [-0.2, 0) is 28.8 Å². The molecule has 8 nitrogen and oxygen atoms in total. The quantitative estimate of drug-likeness (QED) is 0.356. The number of hydrogen-bond acceptors (Lipinski definition) is 6. The highest BCUT2D eigenvalue weighted by Crippen LogP contribution is 2.55. The summed E-state index contributed by atoms with van der Waals surface area (Å²) in [5.41, 5.74) is -0.305. The molecule has 0 aromatic rings. The molecule has 2 heterocycles. The summed E-state index contributed by atoms with van der Waals surface area (Å²) in [5.74, 6) is -9.16. The van der Waals surface area contributed by atoms with Crippen molar-refractivity contribution in [3.05, 3.63) is 11.3 Å². The van der Waals surface area contributed by atoms with E-state index in [1.54, 1.807) is 6.92 Å². The number of alkyl halides is 3. The van der Waals surface area contributed by atoms with Gasteiger partial charge in [0.05, 0.1) is 7.11 Å². The predicted molar refractivity (Wildman–Crippen MR) is 97.0 cm³/mol. The van der Waals surface area contributed by atoms with Crippen LogP contribution in [0.2, 0.25) is 0 Å². The summed E-state index contributed by atoms with van der Waals surface area (Å²) in [6.07, 6.45) is -5.07. The first-order valence-corrected chi connectivity index (χ1v) is 10.2. The topological polar surface area (TPSA) is 112 Å². The first-order valence-electron chi connectivity index (χ1n) is 10.2. The fraction of sp³-hybridized carbons (Fsp3) is 0.800. The van der Waals surface area contributed by atoms with E-state index in [9.17, 15) is 33.0 Å². The average molecular weight is 452 g/mol. The SMILES string of the molecule is COO[C@]1(C)CCC2C3[C@H](OC(C(F)(F)F)=C(CC(C(=O)O)C(=O)O)[C@@H]3CC[C@H]2C)O1. The summed E-state index contributed by atoms with van der Waals surface area (Å²) in [6, 6.07) is 0. The Hall–Kier alpha value is -1.85. The molecule has 6 atom stereocenters. The summed E-state index contributed by atoms with van der Waals surface area (Å²) in [6.45, 7) is 3.58. The van der Waals surface area contributed by atoms with E-state index < -0.39 is 60.1 Å². The van der Waals surface area contributed by atoms with Gasteiger partial charge in [0.15, 0.2) is 5.92 Å². The van der Waals surface area contributed by atoms with E-state index in [-0.39, 0.29) is 17.4 Å². The van der Waals surface area contributed by atoms with Crippen LogP contribution >= 0.6 is 0 Å². The van der Waals surface area contributed by atoms with Gasteiger partial charge in [0.1, 0.15) is 0 Å². The molecular formula is C20H27F3O8. The van der Waals surface area contributed by atoms with Crippen LogP contribution in [-0.4, -0.2) is 47.5 Å². The predicted octanol–water partition coefficient (Wildman–Crippen LogP) is 3.72. The Morgan fingerprint density at radius 1 is 1.23 bits per heavy atom. The van der Waals surface area contributed by atoms with Crippen molar-refractivity contribution in [2.45, 2.75) is 64.2 Å². The number of carboxylic acid groups (broad SMARTS) is 2. The lowest BCUT2D eigenvalue weighted by molar-refractivity contribution is -0.438. The van der Waals surface area contributed by atoms with Crippen molar-refractivity contribution in [1.82, 2.24) is 0 Å². The van der Waals surface area contributed by atoms with E-state index in [0.717, 1.165) is 0 Å². The van der Waals surface area contributed by atoms with Crippen LogP contribution in [0.25, 0.3) is 0 Å². The lowest BCUT2D eigenvalue weighted by Gasteiger charge is -2.48. The number of aliphatic carboxylic acids is 2. The molecule has 2 unspecified atom stereocenters. The summed E-state index contributed by atoms with van der Waals surface area (Å²) in [7, 11) is 1.27. The molecule has 176 valence electrons. The van der Waals surface area contributed by atoms with Gasteiger partial charge in [-0.15, -0.1) is 0 Å². The number of allylic oxidation sites excluding steroid dienone is 2. The summed E-state index contributed by atoms with van der Waals surface area (Å²) < 4.78 is 53.1. The smallest absolute Gasteiger partial charge is 0.448 e. The molecule has 1 saturated heterocycles. The van der Waals surface area contributed by atoms with Crippen LogP contribution in [0.1, 0.15) is 46.0 Å². The van der Waals surface area contributed by atoms with Gasteiger partial charge in [0.2, 0.25) is 17.8 Å². The van der Waals surface area contributed by atoms with Crippen molar-refractivity contribution in [1.29, 1.82) is 0 Å². The number of rotatable bonds is 6. The third-order valence-corrected chi connectivity index (χ3v) is 6.74. The molecule has 3 aliphatic rings. The molecule has 3 rings (SSSR count). The van der Waals surface area contributed by atoms with E-state index in [1.165, 1.54) is 7.11 Å². The normalized spacial score (nSPS) is 35.9. The van der Waals surface area contributed by atoms with E-state index in [2.05, 4.69) is 0 Å². The zero-order valence-corrected chi connectivity index (χ0v) is 17.5. The number of carboxylic acids is 2. The Bertz CT molecular complexity index is 737. The van der Waals surface area contributed by atoms with Crippen LogP contribution in [0.15, 0.2) is 11.3 Å². The Kier molecular flexibility index (Phi) is 6.60. The molecule has 0 radical (unpaired) electrons. The standard InChI is InChI=1S/C20H27F3O8/c1-9-4-5-11-12(8-13(16(24)25)17(26)27)15(20(21,22)23)29-18-14(11)10(9)6-7-19(2,30-18)31-28-3/h9-11,13-14,18H,4-8H2,1-3H3,(H,24,25)(H,26,27)/t9-,10?,11+,14?,18-,19-/m1/s1. The van der Waals surface area contributed by atoms with Crippen molar-refractivity contribution < 1.29 is 52.2 Å². The summed E-state index contributed by atoms with van der Waals surface area (Å²) in [4.78, 5) is 32.8. The minimum absolute atomic E-state index is 0.0658. The molecule has 31 heavy (non-hydrogen) atoms. The van der Waals surface area contributed by atoms with Crippen molar-refractivity contribution in [3.8, 4) is 0 Å². The lowest BCUT2D eigenvalue weighted by Crippen LogP contribution is -2.49. The van der Waals surface area contributed by atoms with Gasteiger partial charge in [0.25, 0.3) is 0 Å². The number of ether oxygens (including phenoxy) is 2. The molecule has 0 spiro atoms. The van der Waals surface area contributed by atoms with Gasteiger partial charge in [-0.05, 0) is 55.9 Å². The first-order chi connectivity index (χ1) is 14.4. The van der Waals surface area contributed by atoms with Crippen molar-refractivity contribution in [2.24, 2.45) is 29.6 Å². The number of halogens is 3. The van der Waals surface area contributed by atoms with Gasteiger partial charge >= 0.3 is 18.1 Å². The maximum Gasteiger partial charge on any atom is 0.448 e. The second kappa shape index (κ2) is 8.59. The van der Waals surface area contributed by atoms with Gasteiger partial charge in [0, 0.05) is 12.3 Å². The highest BCUT2D eigenvalue weighted by molar-refractivity contribution is 5.93. The van der Waals surface area contributed by atoms with Crippen LogP contribution < -0.4 is 0 Å². The molecule has 2 aliphatic heterocycles. The van der Waals surface area contributed by atoms with Crippen molar-refractivity contribution in [2.75, 3.05) is 7.11 Å². The maximum atomic E-state index is 14.0. The third kappa shape index (κ3) is 4.68. The second-order valence-electron chi connectivity index (χ2n) is 8.71. The molecule has 0 amide bonds. The number of carbonyl (C=O) groups is 2. The van der Waals surface area contributed by atoms with Gasteiger partial charge < -0.3 is 19.7 Å². The van der Waals surface area contributed by atoms with E-state index >= 15 is 0 Å². The first kappa shape index (κ1) is 23.8. The monoisotopic (exact) mass is 452 g/mol. The fourth-order valence-electron chi connectivity index (χ4n) is 5.31. The molecule has 11 heteroatoms. The van der Waals surface area contributed by atoms with E-state index in [4.69, 9.17) is 19.2 Å². The summed E-state index contributed by atoms with van der Waals surface area (Å²) in [5, 5.41) is 18.5. The van der Waals surface area contributed by atoms with Gasteiger partial charge in [-0.1, -0.05) is 6.92 Å². The third-order valence-electron chi connectivity index (χ3n) is 6.74. The van der Waals surface area contributed by atoms with Crippen LogP contribution in [0.3, 0.4) is 0 Å². The van der Waals surface area contributed by atoms with Gasteiger partial charge in [-0.2, -0.15) is 13.2 Å². The molecule has 2 N–H and O–H groups in total. The lowest BCUT2D eigenvalue weighted by atomic mass is 9.61. The molecule has 0 aromatic carbocycles. The van der Waals surface area contributed by atoms with Crippen LogP contribution in [0.4, 0.5) is 13.2 Å². The zero-order chi connectivity index (χ0) is 23.1. The van der Waals surface area contributed by atoms with E-state index in [0.29, 0.717) is 25.7 Å².